The highest BCUT2D eigenvalue weighted by Gasteiger charge is 2.11. The van der Waals surface area contributed by atoms with Crippen LogP contribution in [-0.4, -0.2) is 33.4 Å². The molecule has 0 spiro atoms. The maximum absolute atomic E-state index is 12.0. The van der Waals surface area contributed by atoms with Gasteiger partial charge in [0, 0.05) is 10.6 Å². The van der Waals surface area contributed by atoms with Crippen LogP contribution in [0.3, 0.4) is 0 Å². The Labute approximate surface area is 138 Å². The summed E-state index contributed by atoms with van der Waals surface area (Å²) in [6.07, 6.45) is 0. The Balaban J connectivity index is 1.86. The van der Waals surface area contributed by atoms with Gasteiger partial charge in [0.25, 0.3) is 0 Å². The smallest absolute Gasteiger partial charge is 0.227 e. The van der Waals surface area contributed by atoms with Gasteiger partial charge in [-0.2, -0.15) is 0 Å². The number of carbonyl (C=O) groups is 2. The number of benzene rings is 1. The molecule has 5 nitrogen and oxygen atoms in total. The van der Waals surface area contributed by atoms with E-state index in [1.807, 2.05) is 0 Å². The Hall–Kier alpha value is -1.09. The van der Waals surface area contributed by atoms with Crippen LogP contribution < -0.4 is 5.73 Å². The second-order valence-corrected chi connectivity index (χ2v) is 7.67. The first-order chi connectivity index (χ1) is 10.0. The molecule has 0 atom stereocenters. The highest BCUT2D eigenvalue weighted by Crippen LogP contribution is 2.29. The zero-order valence-corrected chi connectivity index (χ0v) is 13.8. The van der Waals surface area contributed by atoms with Crippen molar-refractivity contribution in [3.8, 4) is 0 Å². The number of thioether (sulfide) groups is 2. The second kappa shape index (κ2) is 7.79. The van der Waals surface area contributed by atoms with Gasteiger partial charge in [0.2, 0.25) is 5.91 Å². The van der Waals surface area contributed by atoms with E-state index in [9.17, 15) is 9.59 Å². The molecular formula is C12H10ClN3O2S3. The molecule has 0 fully saturated rings. The van der Waals surface area contributed by atoms with Gasteiger partial charge in [0.15, 0.2) is 14.5 Å². The largest absolute Gasteiger partial charge is 0.369 e. The fraction of sp³-hybridized carbons (Fsp3) is 0.167. The predicted molar refractivity (Wildman–Crippen MR) is 86.3 cm³/mol. The van der Waals surface area contributed by atoms with Crippen molar-refractivity contribution in [3.05, 3.63) is 34.9 Å². The van der Waals surface area contributed by atoms with Crippen molar-refractivity contribution in [1.82, 2.24) is 10.2 Å². The normalized spacial score (nSPS) is 10.5. The van der Waals surface area contributed by atoms with Gasteiger partial charge in [0.05, 0.1) is 11.5 Å². The Morgan fingerprint density at radius 2 is 1.67 bits per heavy atom. The van der Waals surface area contributed by atoms with E-state index in [0.29, 0.717) is 19.3 Å². The van der Waals surface area contributed by atoms with Crippen molar-refractivity contribution in [3.63, 3.8) is 0 Å². The van der Waals surface area contributed by atoms with Gasteiger partial charge in [-0.1, -0.05) is 46.5 Å². The highest BCUT2D eigenvalue weighted by atomic mass is 35.5. The van der Waals surface area contributed by atoms with Crippen molar-refractivity contribution in [2.24, 2.45) is 5.73 Å². The molecule has 0 bridgehead atoms. The number of hydrogen-bond donors (Lipinski definition) is 1. The third-order valence-corrected chi connectivity index (χ3v) is 5.68. The predicted octanol–water partition coefficient (Wildman–Crippen LogP) is 2.74. The van der Waals surface area contributed by atoms with Crippen LogP contribution in [-0.2, 0) is 4.79 Å². The van der Waals surface area contributed by atoms with E-state index < -0.39 is 5.91 Å². The van der Waals surface area contributed by atoms with Crippen molar-refractivity contribution in [1.29, 1.82) is 0 Å². The number of nitrogens with two attached hydrogens (primary N) is 1. The molecule has 0 saturated carbocycles. The van der Waals surface area contributed by atoms with Crippen molar-refractivity contribution >= 4 is 58.2 Å². The maximum Gasteiger partial charge on any atom is 0.227 e. The minimum absolute atomic E-state index is 0.00166. The number of nitrogens with zero attached hydrogens (tertiary/aromatic N) is 2. The quantitative estimate of drug-likeness (QED) is 0.604. The molecule has 1 aromatic carbocycles. The summed E-state index contributed by atoms with van der Waals surface area (Å²) < 4.78 is 1.35. The minimum atomic E-state index is -0.401. The lowest BCUT2D eigenvalue weighted by molar-refractivity contribution is -0.115. The lowest BCUT2D eigenvalue weighted by Crippen LogP contribution is -2.12. The van der Waals surface area contributed by atoms with Gasteiger partial charge >= 0.3 is 0 Å². The number of halogens is 1. The molecule has 0 aliphatic heterocycles. The van der Waals surface area contributed by atoms with E-state index in [2.05, 4.69) is 10.2 Å². The molecule has 0 aliphatic rings. The summed E-state index contributed by atoms with van der Waals surface area (Å²) in [6.45, 7) is 0. The molecule has 1 aromatic heterocycles. The molecule has 0 radical (unpaired) electrons. The monoisotopic (exact) mass is 359 g/mol. The third kappa shape index (κ3) is 5.31. The van der Waals surface area contributed by atoms with Crippen LogP contribution in [0.1, 0.15) is 10.4 Å². The number of hydrogen-bond acceptors (Lipinski definition) is 7. The molecule has 0 saturated heterocycles. The molecule has 0 unspecified atom stereocenters. The molecule has 2 aromatic rings. The first-order valence-electron chi connectivity index (χ1n) is 5.71. The molecule has 0 aliphatic carbocycles. The van der Waals surface area contributed by atoms with Crippen molar-refractivity contribution in [2.45, 2.75) is 8.68 Å². The maximum atomic E-state index is 12.0. The molecule has 110 valence electrons. The Morgan fingerprint density at radius 3 is 2.24 bits per heavy atom. The van der Waals surface area contributed by atoms with Crippen LogP contribution in [0.15, 0.2) is 32.9 Å². The standard InChI is InChI=1S/C12H10ClN3O2S3/c13-8-3-1-7(2-4-8)9(17)5-19-11-15-16-12(21-11)20-6-10(14)18/h1-4H,5-6H2,(H2,14,18). The van der Waals surface area contributed by atoms with Crippen LogP contribution in [0.2, 0.25) is 5.02 Å². The van der Waals surface area contributed by atoms with Gasteiger partial charge in [-0.25, -0.2) is 0 Å². The number of rotatable bonds is 7. The first-order valence-corrected chi connectivity index (χ1v) is 8.87. The first kappa shape index (κ1) is 16.3. The number of carbonyl (C=O) groups excluding carboxylic acids is 2. The average Bonchev–Trinajstić information content (AvgIpc) is 2.91. The summed E-state index contributed by atoms with van der Waals surface area (Å²) >= 11 is 9.67. The van der Waals surface area contributed by atoms with Crippen LogP contribution in [0, 0.1) is 0 Å². The third-order valence-electron chi connectivity index (χ3n) is 2.22. The van der Waals surface area contributed by atoms with E-state index in [-0.39, 0.29) is 17.3 Å². The van der Waals surface area contributed by atoms with Crippen molar-refractivity contribution < 1.29 is 9.59 Å². The molecule has 1 heterocycles. The summed E-state index contributed by atoms with van der Waals surface area (Å²) in [7, 11) is 0. The Bertz CT molecular complexity index is 645. The summed E-state index contributed by atoms with van der Waals surface area (Å²) in [5.41, 5.74) is 5.67. The Morgan fingerprint density at radius 1 is 1.10 bits per heavy atom. The van der Waals surface area contributed by atoms with Crippen molar-refractivity contribution in [2.75, 3.05) is 11.5 Å². The summed E-state index contributed by atoms with van der Waals surface area (Å²) in [4.78, 5) is 22.7. The summed E-state index contributed by atoms with van der Waals surface area (Å²) in [6, 6.07) is 6.75. The molecule has 9 heteroatoms. The summed E-state index contributed by atoms with van der Waals surface area (Å²) in [5.74, 6) is 0.0419. The fourth-order valence-corrected chi connectivity index (χ4v) is 4.07. The lowest BCUT2D eigenvalue weighted by Gasteiger charge is -1.99. The second-order valence-electron chi connectivity index (χ2n) is 3.81. The van der Waals surface area contributed by atoms with E-state index >= 15 is 0 Å². The minimum Gasteiger partial charge on any atom is -0.369 e. The number of primary amides is 1. The number of ketones is 1. The zero-order chi connectivity index (χ0) is 15.2. The molecule has 21 heavy (non-hydrogen) atoms. The SMILES string of the molecule is NC(=O)CSc1nnc(SCC(=O)c2ccc(Cl)cc2)s1. The lowest BCUT2D eigenvalue weighted by atomic mass is 10.1. The van der Waals surface area contributed by atoms with Crippen LogP contribution in [0.4, 0.5) is 0 Å². The van der Waals surface area contributed by atoms with E-state index in [1.54, 1.807) is 24.3 Å². The number of amides is 1. The van der Waals surface area contributed by atoms with E-state index in [4.69, 9.17) is 17.3 Å². The molecule has 2 N–H and O–H groups in total. The van der Waals surface area contributed by atoms with Crippen LogP contribution >= 0.6 is 46.5 Å². The van der Waals surface area contributed by atoms with Gasteiger partial charge in [-0.15, -0.1) is 10.2 Å². The van der Waals surface area contributed by atoms with Crippen LogP contribution in [0.5, 0.6) is 0 Å². The number of aromatic nitrogens is 2. The highest BCUT2D eigenvalue weighted by molar-refractivity contribution is 8.03. The van der Waals surface area contributed by atoms with Crippen LogP contribution in [0.25, 0.3) is 0 Å². The molecule has 2 rings (SSSR count). The average molecular weight is 360 g/mol. The van der Waals surface area contributed by atoms with Gasteiger partial charge in [-0.3, -0.25) is 9.59 Å². The molecular weight excluding hydrogens is 350 g/mol. The van der Waals surface area contributed by atoms with E-state index in [1.165, 1.54) is 34.9 Å². The fourth-order valence-electron chi connectivity index (χ4n) is 1.29. The topological polar surface area (TPSA) is 85.9 Å². The van der Waals surface area contributed by atoms with Gasteiger partial charge in [0.1, 0.15) is 0 Å². The van der Waals surface area contributed by atoms with Gasteiger partial charge < -0.3 is 5.73 Å². The molecule has 1 amide bonds. The number of Topliss-reactive ketones (excluding diaryl/α,β-unsaturated/α-hetero) is 1. The summed E-state index contributed by atoms with van der Waals surface area (Å²) in [5, 5.41) is 8.48. The van der Waals surface area contributed by atoms with Gasteiger partial charge in [-0.05, 0) is 24.3 Å². The van der Waals surface area contributed by atoms with E-state index in [0.717, 1.165) is 0 Å². The zero-order valence-electron chi connectivity index (χ0n) is 10.6. The Kier molecular flexibility index (Phi) is 6.04.